The fourth-order valence-electron chi connectivity index (χ4n) is 2.58. The van der Waals surface area contributed by atoms with Gasteiger partial charge in [-0.1, -0.05) is 0 Å². The summed E-state index contributed by atoms with van der Waals surface area (Å²) in [6.07, 6.45) is 4.19. The minimum atomic E-state index is 0.212. The van der Waals surface area contributed by atoms with Crippen molar-refractivity contribution in [2.75, 3.05) is 19.6 Å². The highest BCUT2D eigenvalue weighted by atomic mass is 79.9. The average molecular weight is 314 g/mol. The Morgan fingerprint density at radius 1 is 1.44 bits per heavy atom. The molecule has 0 aromatic carbocycles. The van der Waals surface area contributed by atoms with E-state index < -0.39 is 0 Å². The van der Waals surface area contributed by atoms with E-state index in [4.69, 9.17) is 10.5 Å². The van der Waals surface area contributed by atoms with E-state index in [0.717, 1.165) is 23.1 Å². The van der Waals surface area contributed by atoms with Crippen LogP contribution in [-0.2, 0) is 4.74 Å². The second kappa shape index (κ2) is 6.10. The lowest BCUT2D eigenvalue weighted by atomic mass is 10.1. The van der Waals surface area contributed by atoms with Crippen LogP contribution in [0, 0.1) is 0 Å². The summed E-state index contributed by atoms with van der Waals surface area (Å²) in [6.45, 7) is 6.64. The van der Waals surface area contributed by atoms with Gasteiger partial charge in [0.15, 0.2) is 0 Å². The van der Waals surface area contributed by atoms with Crippen LogP contribution in [0.5, 0.6) is 0 Å². The van der Waals surface area contributed by atoms with E-state index in [1.807, 2.05) is 6.20 Å². The van der Waals surface area contributed by atoms with E-state index in [2.05, 4.69) is 45.7 Å². The standard InChI is InChI=1S/C13H20BrN3O/c1-9-7-17(8-10(2)18-9)13(4-15)11-3-12(14)6-16-5-11/h3,5-6,9-10,13H,4,7-8,15H2,1-2H3/t9-,10+,13?. The molecule has 0 radical (unpaired) electrons. The minimum Gasteiger partial charge on any atom is -0.373 e. The summed E-state index contributed by atoms with van der Waals surface area (Å²) in [5.74, 6) is 0. The number of nitrogens with zero attached hydrogens (tertiary/aromatic N) is 2. The Kier molecular flexibility index (Phi) is 4.72. The Labute approximate surface area is 117 Å². The number of rotatable bonds is 3. The molecule has 1 fully saturated rings. The van der Waals surface area contributed by atoms with Gasteiger partial charge in [-0.25, -0.2) is 0 Å². The molecule has 1 saturated heterocycles. The van der Waals surface area contributed by atoms with Gasteiger partial charge < -0.3 is 10.5 Å². The highest BCUT2D eigenvalue weighted by Gasteiger charge is 2.28. The summed E-state index contributed by atoms with van der Waals surface area (Å²) in [5.41, 5.74) is 7.11. The highest BCUT2D eigenvalue weighted by molar-refractivity contribution is 9.10. The summed E-state index contributed by atoms with van der Waals surface area (Å²) in [6, 6.07) is 2.30. The van der Waals surface area contributed by atoms with Crippen LogP contribution in [-0.4, -0.2) is 41.7 Å². The molecule has 2 heterocycles. The highest BCUT2D eigenvalue weighted by Crippen LogP contribution is 2.25. The fourth-order valence-corrected chi connectivity index (χ4v) is 2.96. The maximum absolute atomic E-state index is 5.95. The topological polar surface area (TPSA) is 51.4 Å². The van der Waals surface area contributed by atoms with Gasteiger partial charge in [0, 0.05) is 42.5 Å². The van der Waals surface area contributed by atoms with Crippen molar-refractivity contribution in [2.24, 2.45) is 5.73 Å². The SMILES string of the molecule is C[C@@H]1CN(C(CN)c2cncc(Br)c2)C[C@H](C)O1. The van der Waals surface area contributed by atoms with Crippen molar-refractivity contribution in [3.05, 3.63) is 28.5 Å². The molecule has 5 heteroatoms. The quantitative estimate of drug-likeness (QED) is 0.926. The lowest BCUT2D eigenvalue weighted by Crippen LogP contribution is -2.48. The van der Waals surface area contributed by atoms with Crippen LogP contribution in [0.15, 0.2) is 22.9 Å². The molecule has 18 heavy (non-hydrogen) atoms. The first kappa shape index (κ1) is 13.9. The molecule has 2 rings (SSSR count). The predicted molar refractivity (Wildman–Crippen MR) is 75.3 cm³/mol. The third-order valence-electron chi connectivity index (χ3n) is 3.22. The summed E-state index contributed by atoms with van der Waals surface area (Å²) in [4.78, 5) is 6.62. The lowest BCUT2D eigenvalue weighted by molar-refractivity contribution is -0.0799. The Morgan fingerprint density at radius 3 is 2.67 bits per heavy atom. The molecule has 1 unspecified atom stereocenters. The van der Waals surface area contributed by atoms with Gasteiger partial charge in [-0.2, -0.15) is 0 Å². The first-order chi connectivity index (χ1) is 8.60. The minimum absolute atomic E-state index is 0.212. The summed E-state index contributed by atoms with van der Waals surface area (Å²) in [7, 11) is 0. The van der Waals surface area contributed by atoms with Crippen molar-refractivity contribution in [1.82, 2.24) is 9.88 Å². The molecule has 0 bridgehead atoms. The largest absolute Gasteiger partial charge is 0.373 e. The molecule has 1 aromatic rings. The smallest absolute Gasteiger partial charge is 0.0678 e. The number of hydrogen-bond acceptors (Lipinski definition) is 4. The second-order valence-corrected chi connectivity index (χ2v) is 5.81. The van der Waals surface area contributed by atoms with Gasteiger partial charge in [0.2, 0.25) is 0 Å². The van der Waals surface area contributed by atoms with E-state index >= 15 is 0 Å². The first-order valence-electron chi connectivity index (χ1n) is 6.30. The van der Waals surface area contributed by atoms with Gasteiger partial charge in [-0.05, 0) is 41.4 Å². The molecule has 1 aromatic heterocycles. The zero-order valence-electron chi connectivity index (χ0n) is 10.8. The van der Waals surface area contributed by atoms with E-state index in [1.165, 1.54) is 0 Å². The molecular weight excluding hydrogens is 294 g/mol. The monoisotopic (exact) mass is 313 g/mol. The third kappa shape index (κ3) is 3.29. The van der Waals surface area contributed by atoms with Crippen molar-refractivity contribution >= 4 is 15.9 Å². The van der Waals surface area contributed by atoms with Gasteiger partial charge in [-0.3, -0.25) is 9.88 Å². The maximum atomic E-state index is 5.95. The van der Waals surface area contributed by atoms with Gasteiger partial charge in [0.05, 0.1) is 12.2 Å². The number of hydrogen-bond donors (Lipinski definition) is 1. The fraction of sp³-hybridized carbons (Fsp3) is 0.615. The van der Waals surface area contributed by atoms with Crippen molar-refractivity contribution < 1.29 is 4.74 Å². The zero-order valence-corrected chi connectivity index (χ0v) is 12.4. The summed E-state index contributed by atoms with van der Waals surface area (Å²) < 4.78 is 6.76. The number of pyridine rings is 1. The lowest BCUT2D eigenvalue weighted by Gasteiger charge is -2.40. The van der Waals surface area contributed by atoms with Crippen LogP contribution in [0.2, 0.25) is 0 Å². The van der Waals surface area contributed by atoms with Crippen LogP contribution in [0.1, 0.15) is 25.5 Å². The molecular formula is C13H20BrN3O. The zero-order chi connectivity index (χ0) is 13.1. The van der Waals surface area contributed by atoms with Crippen molar-refractivity contribution in [2.45, 2.75) is 32.1 Å². The van der Waals surface area contributed by atoms with Crippen molar-refractivity contribution in [1.29, 1.82) is 0 Å². The van der Waals surface area contributed by atoms with Crippen LogP contribution in [0.25, 0.3) is 0 Å². The number of morpholine rings is 1. The third-order valence-corrected chi connectivity index (χ3v) is 3.66. The van der Waals surface area contributed by atoms with Crippen LogP contribution in [0.4, 0.5) is 0 Å². The average Bonchev–Trinajstić information content (AvgIpc) is 2.28. The van der Waals surface area contributed by atoms with Crippen molar-refractivity contribution in [3.63, 3.8) is 0 Å². The van der Waals surface area contributed by atoms with Crippen LogP contribution >= 0.6 is 15.9 Å². The summed E-state index contributed by atoms with van der Waals surface area (Å²) >= 11 is 3.46. The second-order valence-electron chi connectivity index (χ2n) is 4.90. The van der Waals surface area contributed by atoms with Crippen LogP contribution in [0.3, 0.4) is 0 Å². The molecule has 0 amide bonds. The Hall–Kier alpha value is -0.490. The molecule has 100 valence electrons. The normalized spacial score (nSPS) is 27.1. The molecule has 0 spiro atoms. The van der Waals surface area contributed by atoms with Gasteiger partial charge in [0.1, 0.15) is 0 Å². The molecule has 0 aliphatic carbocycles. The predicted octanol–water partition coefficient (Wildman–Crippen LogP) is 1.95. The Balaban J connectivity index is 2.17. The number of halogens is 1. The number of ether oxygens (including phenoxy) is 1. The maximum Gasteiger partial charge on any atom is 0.0678 e. The van der Waals surface area contributed by atoms with Gasteiger partial charge in [0.25, 0.3) is 0 Å². The Bertz CT molecular complexity index is 392. The van der Waals surface area contributed by atoms with Crippen molar-refractivity contribution in [3.8, 4) is 0 Å². The molecule has 2 N–H and O–H groups in total. The van der Waals surface area contributed by atoms with E-state index in [9.17, 15) is 0 Å². The molecule has 1 aliphatic heterocycles. The number of aromatic nitrogens is 1. The van der Waals surface area contributed by atoms with Gasteiger partial charge >= 0.3 is 0 Å². The van der Waals surface area contributed by atoms with Gasteiger partial charge in [-0.15, -0.1) is 0 Å². The van der Waals surface area contributed by atoms with E-state index in [0.29, 0.717) is 6.54 Å². The molecule has 3 atom stereocenters. The van der Waals surface area contributed by atoms with E-state index in [1.54, 1.807) is 6.20 Å². The Morgan fingerprint density at radius 2 is 2.11 bits per heavy atom. The molecule has 4 nitrogen and oxygen atoms in total. The molecule has 1 aliphatic rings. The first-order valence-corrected chi connectivity index (χ1v) is 7.09. The van der Waals surface area contributed by atoms with Crippen LogP contribution < -0.4 is 5.73 Å². The number of nitrogens with two attached hydrogens (primary N) is 1. The summed E-state index contributed by atoms with van der Waals surface area (Å²) in [5, 5.41) is 0. The molecule has 0 saturated carbocycles. The van der Waals surface area contributed by atoms with E-state index in [-0.39, 0.29) is 18.2 Å².